The van der Waals surface area contributed by atoms with Crippen LogP contribution in [0.25, 0.3) is 0 Å². The minimum atomic E-state index is -2.75. The van der Waals surface area contributed by atoms with Gasteiger partial charge in [-0.1, -0.05) is 17.7 Å². The van der Waals surface area contributed by atoms with E-state index < -0.39 is 13.0 Å². The Bertz CT molecular complexity index is 1370. The zero-order chi connectivity index (χ0) is 26.9. The van der Waals surface area contributed by atoms with Crippen LogP contribution in [0.1, 0.15) is 30.9 Å². The van der Waals surface area contributed by atoms with E-state index in [-0.39, 0.29) is 0 Å². The number of nitrogens with zero attached hydrogens (tertiary/aromatic N) is 3. The lowest BCUT2D eigenvalue weighted by Gasteiger charge is -2.37. The van der Waals surface area contributed by atoms with Crippen LogP contribution in [0.4, 0.5) is 27.5 Å². The lowest BCUT2D eigenvalue weighted by Crippen LogP contribution is -2.46. The van der Waals surface area contributed by atoms with Crippen molar-refractivity contribution in [3.8, 4) is 0 Å². The lowest BCUT2D eigenvalue weighted by atomic mass is 10.0. The number of hydrogen-bond donors (Lipinski definition) is 2. The molecule has 2 heterocycles. The highest BCUT2D eigenvalue weighted by molar-refractivity contribution is 7.70. The van der Waals surface area contributed by atoms with E-state index in [0.29, 0.717) is 39.9 Å². The van der Waals surface area contributed by atoms with Crippen molar-refractivity contribution in [1.82, 2.24) is 14.9 Å². The summed E-state index contributed by atoms with van der Waals surface area (Å²) in [4.78, 5) is 11.5. The van der Waals surface area contributed by atoms with Crippen LogP contribution in [0.5, 0.6) is 0 Å². The molecule has 1 fully saturated rings. The molecule has 1 aliphatic heterocycles. The first-order chi connectivity index (χ1) is 18.2. The monoisotopic (exact) mass is 557 g/mol. The second kappa shape index (κ2) is 11.3. The average Bonchev–Trinajstić information content (AvgIpc) is 3.09. The predicted molar refractivity (Wildman–Crippen MR) is 153 cm³/mol. The third-order valence-electron chi connectivity index (χ3n) is 7.28. The normalized spacial score (nSPS) is 20.4. The van der Waals surface area contributed by atoms with E-state index in [4.69, 9.17) is 16.3 Å². The Hall–Kier alpha value is -2.51. The van der Waals surface area contributed by atoms with Crippen LogP contribution in [-0.2, 0) is 22.1 Å². The van der Waals surface area contributed by atoms with Crippen molar-refractivity contribution in [3.63, 3.8) is 0 Å². The second-order valence-corrected chi connectivity index (χ2v) is 14.1. The van der Waals surface area contributed by atoms with E-state index in [1.807, 2.05) is 0 Å². The van der Waals surface area contributed by atoms with Crippen molar-refractivity contribution in [3.05, 3.63) is 64.6 Å². The molecule has 3 aromatic rings. The molecule has 38 heavy (non-hydrogen) atoms. The summed E-state index contributed by atoms with van der Waals surface area (Å²) in [6.07, 6.45) is 6.19. The molecule has 0 saturated carbocycles. The largest absolute Gasteiger partial charge is 0.376 e. The number of rotatable bonds is 6. The van der Waals surface area contributed by atoms with Crippen LogP contribution >= 0.6 is 18.7 Å². The standard InChI is InChI=1S/C28H34ClFN5O2P/c1-18-17-35(12-13-37-18)23-9-5-19-4-8-22(14-20(19)6-10-23)32-28-31-16-24(29)27(34-28)33-25-11-7-21(30)15-26(25)38(2,3)36/h4,7-8,11,14-16,18,23H,5-6,9-10,12-13,17H2,1-3H3,(H2,31,32,33,34)/t18-,23-/m1/s1. The second-order valence-electron chi connectivity index (χ2n) is 10.5. The molecule has 2 aliphatic rings. The summed E-state index contributed by atoms with van der Waals surface area (Å²) < 4.78 is 32.3. The van der Waals surface area contributed by atoms with E-state index in [1.54, 1.807) is 19.4 Å². The SMILES string of the molecule is C[C@@H]1CN([C@@H]2CCc3ccc(Nc4ncc(Cl)c(Nc5ccc(F)cc5P(C)(C)=O)n4)cc3CC2)CCO1. The molecule has 5 rings (SSSR count). The highest BCUT2D eigenvalue weighted by Gasteiger charge is 2.26. The zero-order valence-corrected chi connectivity index (χ0v) is 23.7. The fraction of sp³-hybridized carbons (Fsp3) is 0.429. The topological polar surface area (TPSA) is 79.4 Å². The Morgan fingerprint density at radius 1 is 1.11 bits per heavy atom. The number of hydrogen-bond acceptors (Lipinski definition) is 7. The van der Waals surface area contributed by atoms with E-state index in [9.17, 15) is 8.96 Å². The highest BCUT2D eigenvalue weighted by Crippen LogP contribution is 2.39. The molecule has 0 spiro atoms. The number of aromatic nitrogens is 2. The number of ether oxygens (including phenoxy) is 1. The molecule has 1 aliphatic carbocycles. The quantitative estimate of drug-likeness (QED) is 0.285. The Balaban J connectivity index is 1.31. The minimum absolute atomic E-state index is 0.298. The maximum absolute atomic E-state index is 13.9. The van der Waals surface area contributed by atoms with Gasteiger partial charge in [-0.15, -0.1) is 0 Å². The molecule has 2 atom stereocenters. The van der Waals surface area contributed by atoms with E-state index in [0.717, 1.165) is 51.1 Å². The molecule has 7 nitrogen and oxygen atoms in total. The molecule has 0 bridgehead atoms. The molecule has 2 aromatic carbocycles. The zero-order valence-electron chi connectivity index (χ0n) is 22.0. The molecular weight excluding hydrogens is 524 g/mol. The van der Waals surface area contributed by atoms with Crippen LogP contribution < -0.4 is 15.9 Å². The Kier molecular flexibility index (Phi) is 8.06. The number of nitrogens with one attached hydrogen (secondary N) is 2. The Morgan fingerprint density at radius 3 is 2.66 bits per heavy atom. The van der Waals surface area contributed by atoms with Crippen LogP contribution in [0.2, 0.25) is 5.02 Å². The number of aryl methyl sites for hydroxylation is 2. The summed E-state index contributed by atoms with van der Waals surface area (Å²) in [5.41, 5.74) is 4.15. The van der Waals surface area contributed by atoms with Gasteiger partial charge < -0.3 is 19.9 Å². The summed E-state index contributed by atoms with van der Waals surface area (Å²) in [5.74, 6) is 0.285. The summed E-state index contributed by atoms with van der Waals surface area (Å²) in [6.45, 7) is 8.18. The number of benzene rings is 2. The summed E-state index contributed by atoms with van der Waals surface area (Å²) in [6, 6.07) is 11.2. The Labute approximate surface area is 228 Å². The van der Waals surface area contributed by atoms with Gasteiger partial charge in [0.15, 0.2) is 5.82 Å². The van der Waals surface area contributed by atoms with Gasteiger partial charge >= 0.3 is 0 Å². The van der Waals surface area contributed by atoms with Gasteiger partial charge in [-0.25, -0.2) is 9.37 Å². The lowest BCUT2D eigenvalue weighted by molar-refractivity contribution is -0.0360. The molecule has 1 saturated heterocycles. The molecule has 0 radical (unpaired) electrons. The van der Waals surface area contributed by atoms with E-state index in [1.165, 1.54) is 29.5 Å². The summed E-state index contributed by atoms with van der Waals surface area (Å²) in [5, 5.41) is 7.13. The smallest absolute Gasteiger partial charge is 0.229 e. The maximum atomic E-state index is 13.9. The Morgan fingerprint density at radius 2 is 1.89 bits per heavy atom. The van der Waals surface area contributed by atoms with Crippen molar-refractivity contribution in [2.75, 3.05) is 43.7 Å². The maximum Gasteiger partial charge on any atom is 0.229 e. The third kappa shape index (κ3) is 6.37. The van der Waals surface area contributed by atoms with Gasteiger partial charge in [0.25, 0.3) is 0 Å². The van der Waals surface area contributed by atoms with Crippen molar-refractivity contribution in [2.45, 2.75) is 44.8 Å². The summed E-state index contributed by atoms with van der Waals surface area (Å²) >= 11 is 6.38. The van der Waals surface area contributed by atoms with E-state index >= 15 is 0 Å². The third-order valence-corrected chi connectivity index (χ3v) is 9.09. The highest BCUT2D eigenvalue weighted by atomic mass is 35.5. The first-order valence-corrected chi connectivity index (χ1v) is 16.0. The van der Waals surface area contributed by atoms with Gasteiger partial charge in [0, 0.05) is 30.1 Å². The molecule has 202 valence electrons. The van der Waals surface area contributed by atoms with E-state index in [2.05, 4.69) is 50.6 Å². The molecule has 0 amide bonds. The van der Waals surface area contributed by atoms with Gasteiger partial charge in [-0.2, -0.15) is 4.98 Å². The van der Waals surface area contributed by atoms with Crippen LogP contribution in [0, 0.1) is 5.82 Å². The van der Waals surface area contributed by atoms with Crippen LogP contribution in [-0.4, -0.2) is 60.0 Å². The fourth-order valence-corrected chi connectivity index (χ4v) is 6.62. The summed E-state index contributed by atoms with van der Waals surface area (Å²) in [7, 11) is -2.75. The number of fused-ring (bicyclic) bond motifs is 1. The van der Waals surface area contributed by atoms with Crippen molar-refractivity contribution in [2.24, 2.45) is 0 Å². The molecule has 0 unspecified atom stereocenters. The van der Waals surface area contributed by atoms with Gasteiger partial charge in [0.05, 0.1) is 24.6 Å². The van der Waals surface area contributed by atoms with Gasteiger partial charge in [0.1, 0.15) is 18.0 Å². The molecule has 1 aromatic heterocycles. The minimum Gasteiger partial charge on any atom is -0.376 e. The predicted octanol–water partition coefficient (Wildman–Crippen LogP) is 5.97. The molecule has 2 N–H and O–H groups in total. The first-order valence-electron chi connectivity index (χ1n) is 13.0. The fourth-order valence-electron chi connectivity index (χ4n) is 5.34. The van der Waals surface area contributed by atoms with Crippen molar-refractivity contribution in [1.29, 1.82) is 0 Å². The van der Waals surface area contributed by atoms with Crippen molar-refractivity contribution < 1.29 is 13.7 Å². The van der Waals surface area contributed by atoms with Gasteiger partial charge in [-0.3, -0.25) is 4.90 Å². The molecular formula is C28H34ClFN5O2P. The first kappa shape index (κ1) is 27.1. The average molecular weight is 558 g/mol. The molecule has 10 heteroatoms. The number of halogens is 2. The van der Waals surface area contributed by atoms with Crippen molar-refractivity contribution >= 4 is 47.2 Å². The number of anilines is 4. The van der Waals surface area contributed by atoms with Crippen LogP contribution in [0.3, 0.4) is 0 Å². The van der Waals surface area contributed by atoms with Gasteiger partial charge in [-0.05, 0) is 87.4 Å². The van der Waals surface area contributed by atoms with Gasteiger partial charge in [0.2, 0.25) is 5.95 Å². The number of morpholine rings is 1. The van der Waals surface area contributed by atoms with Crippen LogP contribution in [0.15, 0.2) is 42.6 Å².